The second-order valence-electron chi connectivity index (χ2n) is 10.1. The predicted molar refractivity (Wildman–Crippen MR) is 158 cm³/mol. The standard InChI is InChI=1S/C33H37F2NO8/c1-6-14-43-31-20(8-7-13-36(38)33(37)24-10-9-23(34)19-25(24)35)15-21(16-28(31)39-2)26-11-12-27(44-26)22-17-29(40-3)32(42-5)30(18-22)41-4/h7,9-10,13,15-19,26-27,38H,6,8,11-12,14H2,1-5H3. The lowest BCUT2D eigenvalue weighted by Gasteiger charge is -2.20. The third kappa shape index (κ3) is 7.23. The number of amides is 1. The monoisotopic (exact) mass is 613 g/mol. The summed E-state index contributed by atoms with van der Waals surface area (Å²) in [5, 5.41) is 10.5. The molecule has 0 radical (unpaired) electrons. The van der Waals surface area contributed by atoms with Crippen LogP contribution < -0.4 is 23.7 Å². The Morgan fingerprint density at radius 1 is 0.909 bits per heavy atom. The summed E-state index contributed by atoms with van der Waals surface area (Å²) in [5.41, 5.74) is 2.03. The quantitative estimate of drug-likeness (QED) is 0.163. The molecule has 11 heteroatoms. The molecule has 0 bridgehead atoms. The number of methoxy groups -OCH3 is 4. The molecule has 0 saturated carbocycles. The Labute approximate surface area is 255 Å². The van der Waals surface area contributed by atoms with Crippen molar-refractivity contribution >= 4 is 5.91 Å². The maximum atomic E-state index is 14.1. The van der Waals surface area contributed by atoms with Crippen LogP contribution in [0.4, 0.5) is 8.78 Å². The average Bonchev–Trinajstić information content (AvgIpc) is 3.53. The summed E-state index contributed by atoms with van der Waals surface area (Å²) in [6.45, 7) is 2.43. The van der Waals surface area contributed by atoms with Crippen molar-refractivity contribution in [2.24, 2.45) is 0 Å². The summed E-state index contributed by atoms with van der Waals surface area (Å²) in [4.78, 5) is 12.5. The first kappa shape index (κ1) is 32.6. The van der Waals surface area contributed by atoms with Gasteiger partial charge in [0.25, 0.3) is 5.91 Å². The fraction of sp³-hybridized carbons (Fsp3) is 0.364. The predicted octanol–water partition coefficient (Wildman–Crippen LogP) is 6.97. The van der Waals surface area contributed by atoms with Crippen LogP contribution in [0.25, 0.3) is 0 Å². The number of allylic oxidation sites excluding steroid dienone is 1. The molecule has 9 nitrogen and oxygen atoms in total. The highest BCUT2D eigenvalue weighted by atomic mass is 19.1. The summed E-state index contributed by atoms with van der Waals surface area (Å²) in [7, 11) is 6.24. The third-order valence-corrected chi connectivity index (χ3v) is 7.23. The lowest BCUT2D eigenvalue weighted by molar-refractivity contribution is -0.0207. The van der Waals surface area contributed by atoms with Crippen molar-refractivity contribution in [2.75, 3.05) is 35.0 Å². The van der Waals surface area contributed by atoms with Gasteiger partial charge in [0.1, 0.15) is 11.6 Å². The van der Waals surface area contributed by atoms with Crippen molar-refractivity contribution in [1.29, 1.82) is 0 Å². The van der Waals surface area contributed by atoms with Crippen molar-refractivity contribution in [3.05, 3.63) is 88.6 Å². The van der Waals surface area contributed by atoms with Gasteiger partial charge in [0.2, 0.25) is 5.75 Å². The summed E-state index contributed by atoms with van der Waals surface area (Å²) in [5.74, 6) is -0.299. The highest BCUT2D eigenvalue weighted by Gasteiger charge is 2.31. The molecule has 1 amide bonds. The van der Waals surface area contributed by atoms with E-state index >= 15 is 0 Å². The molecular weight excluding hydrogens is 576 g/mol. The van der Waals surface area contributed by atoms with E-state index in [1.807, 2.05) is 31.2 Å². The fourth-order valence-corrected chi connectivity index (χ4v) is 5.09. The number of ether oxygens (including phenoxy) is 6. The highest BCUT2D eigenvalue weighted by Crippen LogP contribution is 2.47. The molecule has 1 saturated heterocycles. The van der Waals surface area contributed by atoms with Crippen LogP contribution in [0.1, 0.15) is 65.4 Å². The van der Waals surface area contributed by atoms with Crippen LogP contribution in [0, 0.1) is 11.6 Å². The molecule has 2 unspecified atom stereocenters. The van der Waals surface area contributed by atoms with Crippen LogP contribution in [0.15, 0.2) is 54.7 Å². The van der Waals surface area contributed by atoms with Gasteiger partial charge in [-0.05, 0) is 73.2 Å². The first-order valence-corrected chi connectivity index (χ1v) is 14.2. The minimum atomic E-state index is -1.07. The SMILES string of the molecule is CCCOc1c(CC=CN(O)C(=O)c2ccc(F)cc2F)cc(C2CCC(c3cc(OC)c(OC)c(OC)c3)O2)cc1OC. The molecule has 2 atom stereocenters. The number of nitrogens with zero attached hydrogens (tertiary/aromatic N) is 1. The number of hydroxylamine groups is 2. The third-order valence-electron chi connectivity index (χ3n) is 7.23. The van der Waals surface area contributed by atoms with Crippen LogP contribution in [-0.2, 0) is 11.2 Å². The van der Waals surface area contributed by atoms with Crippen molar-refractivity contribution in [3.63, 3.8) is 0 Å². The van der Waals surface area contributed by atoms with Crippen molar-refractivity contribution in [1.82, 2.24) is 5.06 Å². The Bertz CT molecular complexity index is 1470. The zero-order valence-corrected chi connectivity index (χ0v) is 25.4. The van der Waals surface area contributed by atoms with Crippen LogP contribution in [0.5, 0.6) is 28.7 Å². The molecule has 0 aromatic heterocycles. The number of hydrogen-bond acceptors (Lipinski definition) is 8. The molecule has 1 aliphatic heterocycles. The Morgan fingerprint density at radius 3 is 2.05 bits per heavy atom. The first-order chi connectivity index (χ1) is 21.2. The Hall–Kier alpha value is -4.35. The topological polar surface area (TPSA) is 95.9 Å². The number of benzene rings is 3. The molecule has 3 aromatic rings. The van der Waals surface area contributed by atoms with Gasteiger partial charge < -0.3 is 28.4 Å². The zero-order chi connectivity index (χ0) is 31.8. The highest BCUT2D eigenvalue weighted by molar-refractivity contribution is 5.94. The van der Waals surface area contributed by atoms with E-state index in [0.717, 1.165) is 54.3 Å². The van der Waals surface area contributed by atoms with Crippen LogP contribution in [0.3, 0.4) is 0 Å². The van der Waals surface area contributed by atoms with Crippen LogP contribution >= 0.6 is 0 Å². The molecule has 0 aliphatic carbocycles. The Balaban J connectivity index is 1.58. The van der Waals surface area contributed by atoms with Gasteiger partial charge in [-0.2, -0.15) is 5.06 Å². The number of hydrogen-bond donors (Lipinski definition) is 1. The molecular formula is C33H37F2NO8. The molecule has 3 aromatic carbocycles. The van der Waals surface area contributed by atoms with E-state index in [0.29, 0.717) is 41.4 Å². The Kier molecular flexibility index (Phi) is 11.0. The second-order valence-corrected chi connectivity index (χ2v) is 10.1. The Morgan fingerprint density at radius 2 is 1.50 bits per heavy atom. The largest absolute Gasteiger partial charge is 0.493 e. The van der Waals surface area contributed by atoms with E-state index in [1.54, 1.807) is 28.4 Å². The fourth-order valence-electron chi connectivity index (χ4n) is 5.09. The van der Waals surface area contributed by atoms with Gasteiger partial charge in [-0.25, -0.2) is 8.78 Å². The van der Waals surface area contributed by atoms with E-state index in [-0.39, 0.29) is 23.7 Å². The van der Waals surface area contributed by atoms with Crippen LogP contribution in [0.2, 0.25) is 0 Å². The molecule has 1 aliphatic rings. The second kappa shape index (κ2) is 14.9. The molecule has 4 rings (SSSR count). The van der Waals surface area contributed by atoms with Crippen molar-refractivity contribution in [2.45, 2.75) is 44.8 Å². The van der Waals surface area contributed by atoms with Gasteiger partial charge >= 0.3 is 0 Å². The molecule has 1 N–H and O–H groups in total. The summed E-state index contributed by atoms with van der Waals surface area (Å²) < 4.78 is 62.0. The van der Waals surface area contributed by atoms with Gasteiger partial charge in [0, 0.05) is 17.8 Å². The minimum Gasteiger partial charge on any atom is -0.493 e. The number of carbonyl (C=O) groups is 1. The summed E-state index contributed by atoms with van der Waals surface area (Å²) in [6, 6.07) is 10.1. The number of halogens is 2. The zero-order valence-electron chi connectivity index (χ0n) is 25.4. The van der Waals surface area contributed by atoms with Crippen molar-refractivity contribution in [3.8, 4) is 28.7 Å². The van der Waals surface area contributed by atoms with Gasteiger partial charge in [0.15, 0.2) is 23.0 Å². The van der Waals surface area contributed by atoms with E-state index in [2.05, 4.69) is 0 Å². The van der Waals surface area contributed by atoms with Gasteiger partial charge in [-0.15, -0.1) is 0 Å². The summed E-state index contributed by atoms with van der Waals surface area (Å²) in [6.07, 6.45) is 4.65. The smallest absolute Gasteiger partial charge is 0.284 e. The van der Waals surface area contributed by atoms with Crippen molar-refractivity contribution < 1.29 is 47.2 Å². The molecule has 0 spiro atoms. The maximum absolute atomic E-state index is 14.1. The first-order valence-electron chi connectivity index (χ1n) is 14.2. The van der Waals surface area contributed by atoms with Gasteiger partial charge in [0.05, 0.1) is 52.8 Å². The van der Waals surface area contributed by atoms with Gasteiger partial charge in [-0.3, -0.25) is 10.0 Å². The number of rotatable bonds is 13. The van der Waals surface area contributed by atoms with E-state index in [9.17, 15) is 18.8 Å². The average molecular weight is 614 g/mol. The lowest BCUT2D eigenvalue weighted by Crippen LogP contribution is -2.22. The normalized spacial score (nSPS) is 16.2. The lowest BCUT2D eigenvalue weighted by atomic mass is 9.99. The molecule has 1 heterocycles. The van der Waals surface area contributed by atoms with E-state index in [4.69, 9.17) is 28.4 Å². The molecule has 236 valence electrons. The molecule has 1 fully saturated rings. The minimum absolute atomic E-state index is 0.222. The van der Waals surface area contributed by atoms with Crippen LogP contribution in [-0.4, -0.2) is 51.2 Å². The van der Waals surface area contributed by atoms with Gasteiger partial charge in [-0.1, -0.05) is 13.0 Å². The van der Waals surface area contributed by atoms with E-state index < -0.39 is 23.1 Å². The van der Waals surface area contributed by atoms with E-state index in [1.165, 1.54) is 6.08 Å². The molecule has 44 heavy (non-hydrogen) atoms. The summed E-state index contributed by atoms with van der Waals surface area (Å²) >= 11 is 0. The maximum Gasteiger partial charge on any atom is 0.284 e. The number of carbonyl (C=O) groups excluding carboxylic acids is 1.